The lowest BCUT2D eigenvalue weighted by molar-refractivity contribution is 0.570. The third-order valence-corrected chi connectivity index (χ3v) is 4.08. The zero-order chi connectivity index (χ0) is 14.8. The van der Waals surface area contributed by atoms with Gasteiger partial charge in [-0.3, -0.25) is 4.72 Å². The van der Waals surface area contributed by atoms with E-state index < -0.39 is 20.7 Å². The molecular weight excluding hydrogens is 303 g/mol. The van der Waals surface area contributed by atoms with Crippen molar-refractivity contribution in [2.45, 2.75) is 4.90 Å². The minimum absolute atomic E-state index is 0.117. The highest BCUT2D eigenvalue weighted by Crippen LogP contribution is 2.22. The van der Waals surface area contributed by atoms with E-state index in [1.54, 1.807) is 0 Å². The summed E-state index contributed by atoms with van der Waals surface area (Å²) >= 11 is 5.67. The highest BCUT2D eigenvalue weighted by molar-refractivity contribution is 7.92. The standard InChI is InChI=1S/C13H8ClFN2O2S/c14-10-3-6-12(15)13(7-10)20(18,19)17-11-4-1-9(8-16)2-5-11/h1-7,17H. The first-order chi connectivity index (χ1) is 9.42. The van der Waals surface area contributed by atoms with Gasteiger partial charge in [-0.05, 0) is 42.5 Å². The molecule has 0 saturated carbocycles. The van der Waals surface area contributed by atoms with Crippen molar-refractivity contribution in [1.82, 2.24) is 0 Å². The fourth-order valence-electron chi connectivity index (χ4n) is 1.51. The molecule has 2 rings (SSSR count). The van der Waals surface area contributed by atoms with Crippen LogP contribution in [0.15, 0.2) is 47.4 Å². The predicted molar refractivity (Wildman–Crippen MR) is 73.4 cm³/mol. The molecule has 0 aliphatic carbocycles. The van der Waals surface area contributed by atoms with Crippen LogP contribution in [0.1, 0.15) is 5.56 Å². The van der Waals surface area contributed by atoms with Crippen LogP contribution >= 0.6 is 11.6 Å². The Morgan fingerprint density at radius 1 is 1.15 bits per heavy atom. The van der Waals surface area contributed by atoms with Gasteiger partial charge in [-0.2, -0.15) is 5.26 Å². The molecule has 0 saturated heterocycles. The quantitative estimate of drug-likeness (QED) is 0.946. The number of sulfonamides is 1. The third kappa shape index (κ3) is 3.07. The van der Waals surface area contributed by atoms with Crippen LogP contribution in [-0.2, 0) is 10.0 Å². The molecule has 0 atom stereocenters. The molecule has 0 unspecified atom stereocenters. The molecule has 0 aliphatic rings. The number of nitrogens with one attached hydrogen (secondary N) is 1. The molecule has 0 radical (unpaired) electrons. The Balaban J connectivity index is 2.35. The lowest BCUT2D eigenvalue weighted by Crippen LogP contribution is -2.14. The van der Waals surface area contributed by atoms with Gasteiger partial charge >= 0.3 is 0 Å². The van der Waals surface area contributed by atoms with E-state index in [4.69, 9.17) is 16.9 Å². The summed E-state index contributed by atoms with van der Waals surface area (Å²) in [6.45, 7) is 0. The summed E-state index contributed by atoms with van der Waals surface area (Å²) in [4.78, 5) is -0.533. The largest absolute Gasteiger partial charge is 0.280 e. The van der Waals surface area contributed by atoms with E-state index in [9.17, 15) is 12.8 Å². The van der Waals surface area contributed by atoms with Crippen molar-refractivity contribution in [1.29, 1.82) is 5.26 Å². The second-order valence-corrected chi connectivity index (χ2v) is 5.96. The monoisotopic (exact) mass is 310 g/mol. The number of benzene rings is 2. The zero-order valence-electron chi connectivity index (χ0n) is 9.97. The van der Waals surface area contributed by atoms with Gasteiger partial charge < -0.3 is 0 Å². The molecule has 0 spiro atoms. The summed E-state index contributed by atoms with van der Waals surface area (Å²) in [5, 5.41) is 8.77. The summed E-state index contributed by atoms with van der Waals surface area (Å²) in [7, 11) is -4.08. The van der Waals surface area contributed by atoms with E-state index in [1.807, 2.05) is 6.07 Å². The topological polar surface area (TPSA) is 70.0 Å². The average molecular weight is 311 g/mol. The molecule has 4 nitrogen and oxygen atoms in total. The zero-order valence-corrected chi connectivity index (χ0v) is 11.5. The van der Waals surface area contributed by atoms with Crippen LogP contribution in [0, 0.1) is 17.1 Å². The van der Waals surface area contributed by atoms with Crippen molar-refractivity contribution in [2.24, 2.45) is 0 Å². The number of halogens is 2. The van der Waals surface area contributed by atoms with Crippen molar-refractivity contribution in [2.75, 3.05) is 4.72 Å². The molecule has 7 heteroatoms. The van der Waals surface area contributed by atoms with Gasteiger partial charge in [0.2, 0.25) is 0 Å². The summed E-state index contributed by atoms with van der Waals surface area (Å²) in [5.74, 6) is -0.893. The predicted octanol–water partition coefficient (Wildman–Crippen LogP) is 3.15. The normalized spacial score (nSPS) is 10.8. The smallest absolute Gasteiger partial charge is 0.264 e. The first-order valence-electron chi connectivity index (χ1n) is 5.40. The summed E-state index contributed by atoms with van der Waals surface area (Å²) in [6, 6.07) is 10.9. The fourth-order valence-corrected chi connectivity index (χ4v) is 2.91. The Morgan fingerprint density at radius 2 is 1.80 bits per heavy atom. The maximum atomic E-state index is 13.6. The molecule has 0 aliphatic heterocycles. The lowest BCUT2D eigenvalue weighted by Gasteiger charge is -2.09. The highest BCUT2D eigenvalue weighted by atomic mass is 35.5. The van der Waals surface area contributed by atoms with E-state index in [2.05, 4.69) is 4.72 Å². The van der Waals surface area contributed by atoms with Gasteiger partial charge in [0.05, 0.1) is 11.6 Å². The van der Waals surface area contributed by atoms with Crippen LogP contribution in [0.2, 0.25) is 5.02 Å². The SMILES string of the molecule is N#Cc1ccc(NS(=O)(=O)c2cc(Cl)ccc2F)cc1. The summed E-state index contributed by atoms with van der Waals surface area (Å²) in [5.41, 5.74) is 0.616. The molecule has 2 aromatic carbocycles. The van der Waals surface area contributed by atoms with Gasteiger partial charge in [0.1, 0.15) is 10.7 Å². The van der Waals surface area contributed by atoms with Crippen molar-refractivity contribution >= 4 is 27.3 Å². The van der Waals surface area contributed by atoms with Crippen molar-refractivity contribution < 1.29 is 12.8 Å². The summed E-state index contributed by atoms with van der Waals surface area (Å²) in [6.07, 6.45) is 0. The van der Waals surface area contributed by atoms with E-state index >= 15 is 0 Å². The molecule has 20 heavy (non-hydrogen) atoms. The number of anilines is 1. The highest BCUT2D eigenvalue weighted by Gasteiger charge is 2.19. The Morgan fingerprint density at radius 3 is 2.40 bits per heavy atom. The first kappa shape index (κ1) is 14.3. The number of nitriles is 1. The molecule has 102 valence electrons. The number of hydrogen-bond acceptors (Lipinski definition) is 3. The van der Waals surface area contributed by atoms with Crippen molar-refractivity contribution in [3.8, 4) is 6.07 Å². The minimum Gasteiger partial charge on any atom is -0.280 e. The Bertz CT molecular complexity index is 783. The average Bonchev–Trinajstić information content (AvgIpc) is 2.42. The lowest BCUT2D eigenvalue weighted by atomic mass is 10.2. The Labute approximate surface area is 120 Å². The maximum Gasteiger partial charge on any atom is 0.264 e. The maximum absolute atomic E-state index is 13.6. The molecule has 0 heterocycles. The second kappa shape index (κ2) is 5.49. The molecule has 0 amide bonds. The van der Waals surface area contributed by atoms with Crippen LogP contribution in [0.25, 0.3) is 0 Å². The van der Waals surface area contributed by atoms with Crippen molar-refractivity contribution in [3.05, 3.63) is 58.9 Å². The third-order valence-electron chi connectivity index (χ3n) is 2.45. The number of hydrogen-bond donors (Lipinski definition) is 1. The van der Waals surface area contributed by atoms with Crippen LogP contribution in [0.3, 0.4) is 0 Å². The first-order valence-corrected chi connectivity index (χ1v) is 7.26. The van der Waals surface area contributed by atoms with Gasteiger partial charge in [-0.25, -0.2) is 12.8 Å². The van der Waals surface area contributed by atoms with Crippen LogP contribution in [0.4, 0.5) is 10.1 Å². The molecular formula is C13H8ClFN2O2S. The number of rotatable bonds is 3. The van der Waals surface area contributed by atoms with Crippen molar-refractivity contribution in [3.63, 3.8) is 0 Å². The summed E-state index contributed by atoms with van der Waals surface area (Å²) < 4.78 is 39.9. The Kier molecular flexibility index (Phi) is 3.93. The second-order valence-electron chi connectivity index (χ2n) is 3.87. The van der Waals surface area contributed by atoms with E-state index in [-0.39, 0.29) is 10.7 Å². The van der Waals surface area contributed by atoms with Gasteiger partial charge in [0.25, 0.3) is 10.0 Å². The van der Waals surface area contributed by atoms with Gasteiger partial charge in [0, 0.05) is 10.7 Å². The molecule has 2 aromatic rings. The molecule has 0 aromatic heterocycles. The van der Waals surface area contributed by atoms with Gasteiger partial charge in [0.15, 0.2) is 0 Å². The number of nitrogens with zero attached hydrogens (tertiary/aromatic N) is 1. The van der Waals surface area contributed by atoms with Crippen LogP contribution in [-0.4, -0.2) is 8.42 Å². The van der Waals surface area contributed by atoms with E-state index in [1.165, 1.54) is 30.3 Å². The van der Waals surface area contributed by atoms with E-state index in [0.717, 1.165) is 12.1 Å². The van der Waals surface area contributed by atoms with Gasteiger partial charge in [-0.15, -0.1) is 0 Å². The molecule has 0 bridgehead atoms. The minimum atomic E-state index is -4.08. The van der Waals surface area contributed by atoms with E-state index in [0.29, 0.717) is 5.56 Å². The Hall–Kier alpha value is -2.10. The molecule has 0 fully saturated rings. The van der Waals surface area contributed by atoms with Crippen LogP contribution in [0.5, 0.6) is 0 Å². The van der Waals surface area contributed by atoms with Crippen LogP contribution < -0.4 is 4.72 Å². The molecule has 1 N–H and O–H groups in total. The fraction of sp³-hybridized carbons (Fsp3) is 0. The van der Waals surface area contributed by atoms with Gasteiger partial charge in [-0.1, -0.05) is 11.6 Å².